The van der Waals surface area contributed by atoms with Gasteiger partial charge < -0.3 is 4.52 Å². The maximum absolute atomic E-state index is 11.6. The highest BCUT2D eigenvalue weighted by Crippen LogP contribution is 2.32. The Morgan fingerprint density at radius 2 is 2.10 bits per heavy atom. The fourth-order valence-corrected chi connectivity index (χ4v) is 3.01. The topological polar surface area (TPSA) is 63.3 Å². The van der Waals surface area contributed by atoms with Crippen molar-refractivity contribution in [3.05, 3.63) is 56.7 Å². The van der Waals surface area contributed by atoms with Crippen LogP contribution in [0.2, 0.25) is 0 Å². The molecule has 0 aliphatic carbocycles. The lowest BCUT2D eigenvalue weighted by Crippen LogP contribution is -2.09. The van der Waals surface area contributed by atoms with E-state index in [1.165, 1.54) is 21.2 Å². The van der Waals surface area contributed by atoms with Gasteiger partial charge in [0.1, 0.15) is 0 Å². The molecule has 0 saturated carbocycles. The van der Waals surface area contributed by atoms with Crippen LogP contribution in [0.1, 0.15) is 47.2 Å². The van der Waals surface area contributed by atoms with Crippen LogP contribution in [0.25, 0.3) is 5.65 Å². The molecule has 21 heavy (non-hydrogen) atoms. The largest absolute Gasteiger partial charge is 0.461 e. The molecule has 110 valence electrons. The van der Waals surface area contributed by atoms with Crippen LogP contribution in [-0.2, 0) is 0 Å². The quantitative estimate of drug-likeness (QED) is 0.804. The van der Waals surface area contributed by atoms with E-state index in [-0.39, 0.29) is 5.92 Å². The van der Waals surface area contributed by atoms with Crippen LogP contribution in [0.4, 0.5) is 0 Å². The van der Waals surface area contributed by atoms with E-state index in [0.717, 1.165) is 17.7 Å². The lowest BCUT2D eigenvalue weighted by Gasteiger charge is -2.17. The summed E-state index contributed by atoms with van der Waals surface area (Å²) in [6.45, 7) is 8.32. The number of fused-ring (bicyclic) bond motifs is 1. The fraction of sp³-hybridized carbons (Fsp3) is 0.375. The summed E-state index contributed by atoms with van der Waals surface area (Å²) >= 11 is 0. The summed E-state index contributed by atoms with van der Waals surface area (Å²) in [5, 5.41) is 7.11. The van der Waals surface area contributed by atoms with Gasteiger partial charge in [-0.2, -0.15) is 10.3 Å². The standard InChI is InChI=1S/C16H19N3O2/c1-5-12(13-7-6-9(2)8-10(13)3)14-11(4)15-18-21-16(20)19(15)17-14/h6-8,12,18H,5H2,1-4H3. The number of hydrogen-bond acceptors (Lipinski definition) is 3. The molecule has 5 nitrogen and oxygen atoms in total. The monoisotopic (exact) mass is 285 g/mol. The predicted octanol–water partition coefficient (Wildman–Crippen LogP) is 3.08. The average Bonchev–Trinajstić information content (AvgIpc) is 2.96. The fourth-order valence-electron chi connectivity index (χ4n) is 3.01. The molecule has 0 aliphatic heterocycles. The molecule has 0 radical (unpaired) electrons. The van der Waals surface area contributed by atoms with Crippen LogP contribution in [0, 0.1) is 20.8 Å². The first-order chi connectivity index (χ1) is 10.0. The second-order valence-electron chi connectivity index (χ2n) is 5.56. The first-order valence-electron chi connectivity index (χ1n) is 7.16. The van der Waals surface area contributed by atoms with Crippen molar-refractivity contribution in [3.63, 3.8) is 0 Å². The first-order valence-corrected chi connectivity index (χ1v) is 7.16. The molecule has 0 amide bonds. The Kier molecular flexibility index (Phi) is 3.20. The molecule has 3 aromatic rings. The van der Waals surface area contributed by atoms with Gasteiger partial charge in [-0.15, -0.1) is 4.52 Å². The van der Waals surface area contributed by atoms with Crippen molar-refractivity contribution >= 4 is 5.65 Å². The van der Waals surface area contributed by atoms with E-state index in [9.17, 15) is 4.79 Å². The zero-order chi connectivity index (χ0) is 15.1. The van der Waals surface area contributed by atoms with Gasteiger partial charge in [-0.05, 0) is 38.3 Å². The number of nitrogens with one attached hydrogen (secondary N) is 1. The minimum atomic E-state index is -0.477. The maximum atomic E-state index is 11.6. The molecule has 3 rings (SSSR count). The Labute approximate surface area is 122 Å². The molecule has 5 heteroatoms. The Morgan fingerprint density at radius 3 is 2.71 bits per heavy atom. The number of rotatable bonds is 3. The van der Waals surface area contributed by atoms with Gasteiger partial charge in [-0.1, -0.05) is 30.7 Å². The number of H-pyrrole nitrogens is 1. The first kappa shape index (κ1) is 13.7. The molecule has 1 unspecified atom stereocenters. The van der Waals surface area contributed by atoms with E-state index < -0.39 is 5.76 Å². The lowest BCUT2D eigenvalue weighted by atomic mass is 9.88. The van der Waals surface area contributed by atoms with Crippen LogP contribution >= 0.6 is 0 Å². The second-order valence-corrected chi connectivity index (χ2v) is 5.56. The molecule has 0 spiro atoms. The highest BCUT2D eigenvalue weighted by atomic mass is 16.5. The zero-order valence-corrected chi connectivity index (χ0v) is 12.7. The zero-order valence-electron chi connectivity index (χ0n) is 12.7. The van der Waals surface area contributed by atoms with E-state index in [1.807, 2.05) is 6.92 Å². The van der Waals surface area contributed by atoms with Gasteiger partial charge in [-0.3, -0.25) is 0 Å². The predicted molar refractivity (Wildman–Crippen MR) is 80.9 cm³/mol. The average molecular weight is 285 g/mol. The van der Waals surface area contributed by atoms with Crippen LogP contribution in [0.15, 0.2) is 27.5 Å². The summed E-state index contributed by atoms with van der Waals surface area (Å²) < 4.78 is 6.07. The highest BCUT2D eigenvalue weighted by molar-refractivity contribution is 5.51. The molecular formula is C16H19N3O2. The highest BCUT2D eigenvalue weighted by Gasteiger charge is 2.23. The van der Waals surface area contributed by atoms with Crippen LogP contribution in [-0.4, -0.2) is 14.8 Å². The molecule has 0 aliphatic rings. The molecule has 1 N–H and O–H groups in total. The number of aromatic nitrogens is 3. The summed E-state index contributed by atoms with van der Waals surface area (Å²) in [6.07, 6.45) is 0.927. The van der Waals surface area contributed by atoms with Crippen molar-refractivity contribution in [2.24, 2.45) is 0 Å². The molecule has 1 aromatic carbocycles. The van der Waals surface area contributed by atoms with Gasteiger partial charge in [0.25, 0.3) is 0 Å². The van der Waals surface area contributed by atoms with Gasteiger partial charge in [-0.25, -0.2) is 4.79 Å². The third-order valence-electron chi connectivity index (χ3n) is 4.11. The third kappa shape index (κ3) is 2.09. The molecule has 0 saturated heterocycles. The van der Waals surface area contributed by atoms with E-state index in [0.29, 0.717) is 5.65 Å². The van der Waals surface area contributed by atoms with Crippen LogP contribution in [0.3, 0.4) is 0 Å². The van der Waals surface area contributed by atoms with Crippen LogP contribution < -0.4 is 5.76 Å². The van der Waals surface area contributed by atoms with Crippen molar-refractivity contribution in [2.45, 2.75) is 40.0 Å². The number of aromatic amines is 1. The smallest absolute Gasteiger partial charge is 0.321 e. The molecule has 1 atom stereocenters. The van der Waals surface area contributed by atoms with Gasteiger partial charge in [0.05, 0.1) is 5.69 Å². The van der Waals surface area contributed by atoms with Gasteiger partial charge in [0.15, 0.2) is 5.65 Å². The Hall–Kier alpha value is -2.30. The summed E-state index contributed by atoms with van der Waals surface area (Å²) in [7, 11) is 0. The second kappa shape index (κ2) is 4.91. The molecule has 2 heterocycles. The minimum Gasteiger partial charge on any atom is -0.321 e. The SMILES string of the molecule is CCC(c1ccc(C)cc1C)c1nn2c(=O)o[nH]c2c1C. The molecule has 0 bridgehead atoms. The van der Waals surface area contributed by atoms with E-state index in [1.54, 1.807) is 0 Å². The van der Waals surface area contributed by atoms with Crippen molar-refractivity contribution in [2.75, 3.05) is 0 Å². The Morgan fingerprint density at radius 1 is 1.33 bits per heavy atom. The summed E-state index contributed by atoms with van der Waals surface area (Å²) in [4.78, 5) is 11.6. The third-order valence-corrected chi connectivity index (χ3v) is 4.11. The van der Waals surface area contributed by atoms with Crippen molar-refractivity contribution in [3.8, 4) is 0 Å². The number of aryl methyl sites for hydroxylation is 3. The Balaban J connectivity index is 2.18. The number of benzene rings is 1. The van der Waals surface area contributed by atoms with E-state index in [2.05, 4.69) is 49.2 Å². The number of hydrogen-bond donors (Lipinski definition) is 1. The Bertz CT molecular complexity index is 854. The molecule has 2 aromatic heterocycles. The van der Waals surface area contributed by atoms with Gasteiger partial charge >= 0.3 is 5.76 Å². The van der Waals surface area contributed by atoms with Crippen molar-refractivity contribution in [1.29, 1.82) is 0 Å². The molecular weight excluding hydrogens is 266 g/mol. The van der Waals surface area contributed by atoms with Crippen molar-refractivity contribution < 1.29 is 4.52 Å². The van der Waals surface area contributed by atoms with Gasteiger partial charge in [0, 0.05) is 11.5 Å². The summed E-state index contributed by atoms with van der Waals surface area (Å²) in [6, 6.07) is 6.47. The van der Waals surface area contributed by atoms with E-state index >= 15 is 0 Å². The van der Waals surface area contributed by atoms with Crippen LogP contribution in [0.5, 0.6) is 0 Å². The maximum Gasteiger partial charge on any atom is 0.461 e. The molecule has 0 fully saturated rings. The van der Waals surface area contributed by atoms with Crippen molar-refractivity contribution in [1.82, 2.24) is 14.8 Å². The summed E-state index contributed by atoms with van der Waals surface area (Å²) in [5.74, 6) is -0.298. The van der Waals surface area contributed by atoms with E-state index in [4.69, 9.17) is 4.52 Å². The minimum absolute atomic E-state index is 0.179. The van der Waals surface area contributed by atoms with Gasteiger partial charge in [0.2, 0.25) is 0 Å². The number of nitrogens with zero attached hydrogens (tertiary/aromatic N) is 2. The normalized spacial score (nSPS) is 13.0. The lowest BCUT2D eigenvalue weighted by molar-refractivity contribution is 0.382. The summed E-state index contributed by atoms with van der Waals surface area (Å²) in [5.41, 5.74) is 6.30.